The fraction of sp³-hybridized carbons (Fsp3) is 0.265. The quantitative estimate of drug-likeness (QED) is 0.147. The van der Waals surface area contributed by atoms with Crippen LogP contribution in [0.15, 0.2) is 83.3 Å². The Balaban J connectivity index is 0.000000297. The molecule has 2 aromatic heterocycles. The first kappa shape index (κ1) is 32.9. The number of carbonyl (C=O) groups is 2. The van der Waals surface area contributed by atoms with Crippen LogP contribution < -0.4 is 9.47 Å². The number of nitrogens with zero attached hydrogens (tertiary/aromatic N) is 4. The van der Waals surface area contributed by atoms with E-state index in [1.54, 1.807) is 7.11 Å². The molecule has 5 rings (SSSR count). The number of methoxy groups -OCH3 is 1. The highest BCUT2D eigenvalue weighted by molar-refractivity contribution is 6.63. The zero-order valence-electron chi connectivity index (χ0n) is 25.4. The Morgan fingerprint density at radius 2 is 1.53 bits per heavy atom. The minimum atomic E-state index is -1.09. The van der Waals surface area contributed by atoms with Gasteiger partial charge in [-0.2, -0.15) is 9.90 Å². The van der Waals surface area contributed by atoms with Gasteiger partial charge in [-0.05, 0) is 85.3 Å². The van der Waals surface area contributed by atoms with Gasteiger partial charge in [0.2, 0.25) is 5.24 Å². The van der Waals surface area contributed by atoms with Crippen molar-refractivity contribution in [2.75, 3.05) is 13.7 Å². The van der Waals surface area contributed by atoms with Gasteiger partial charge in [-0.1, -0.05) is 42.5 Å². The summed E-state index contributed by atoms with van der Waals surface area (Å²) in [4.78, 5) is 27.9. The third-order valence-electron chi connectivity index (χ3n) is 6.77. The van der Waals surface area contributed by atoms with E-state index in [4.69, 9.17) is 25.5 Å². The van der Waals surface area contributed by atoms with E-state index in [0.717, 1.165) is 34.1 Å². The molecule has 2 heterocycles. The SMILES string of the molecule is COc1cccc(CCC(=O)Cl)c1.Cc1nc(CCOc2cccc(CCc3nn(-c4ccccc4)nc3C(=O)O)c2)c(C)o1. The molecule has 234 valence electrons. The normalized spacial score (nSPS) is 10.6. The molecule has 11 heteroatoms. The number of aromatic nitrogens is 4. The van der Waals surface area contributed by atoms with Crippen molar-refractivity contribution in [2.24, 2.45) is 0 Å². The van der Waals surface area contributed by atoms with Crippen LogP contribution in [0.2, 0.25) is 0 Å². The topological polar surface area (TPSA) is 130 Å². The number of hydrogen-bond acceptors (Lipinski definition) is 8. The van der Waals surface area contributed by atoms with E-state index in [0.29, 0.717) is 56.0 Å². The van der Waals surface area contributed by atoms with Crippen molar-refractivity contribution in [3.63, 3.8) is 0 Å². The molecule has 45 heavy (non-hydrogen) atoms. The number of para-hydroxylation sites is 1. The molecule has 0 fully saturated rings. The first-order valence-corrected chi connectivity index (χ1v) is 14.8. The third kappa shape index (κ3) is 10.0. The standard InChI is InChI=1S/C24H24N4O4.C10H11ClO2/c1-16-21(25-17(2)32-16)13-14-31-20-10-6-7-18(15-20)11-12-22-23(24(29)30)27-28(26-22)19-8-4-3-5-9-19;1-13-9-4-2-3-8(7-9)5-6-10(11)12/h3-10,15H,11-14H2,1-2H3,(H,29,30);2-4,7H,5-6H2,1H3. The molecule has 0 spiro atoms. The summed E-state index contributed by atoms with van der Waals surface area (Å²) in [5.74, 6) is 1.95. The minimum Gasteiger partial charge on any atom is -0.497 e. The van der Waals surface area contributed by atoms with Crippen LogP contribution in [0.25, 0.3) is 5.69 Å². The number of benzene rings is 3. The highest BCUT2D eigenvalue weighted by Gasteiger charge is 2.18. The number of aromatic carboxylic acids is 1. The molecule has 0 saturated carbocycles. The van der Waals surface area contributed by atoms with E-state index >= 15 is 0 Å². The highest BCUT2D eigenvalue weighted by Crippen LogP contribution is 2.18. The predicted molar refractivity (Wildman–Crippen MR) is 170 cm³/mol. The summed E-state index contributed by atoms with van der Waals surface area (Å²) in [7, 11) is 1.62. The lowest BCUT2D eigenvalue weighted by atomic mass is 10.1. The van der Waals surface area contributed by atoms with E-state index in [1.807, 2.05) is 92.7 Å². The third-order valence-corrected chi connectivity index (χ3v) is 6.96. The number of oxazole rings is 1. The van der Waals surface area contributed by atoms with Crippen LogP contribution in [0.1, 0.15) is 51.1 Å². The lowest BCUT2D eigenvalue weighted by molar-refractivity contribution is -0.111. The number of carboxylic acid groups (broad SMARTS) is 1. The summed E-state index contributed by atoms with van der Waals surface area (Å²) in [6.07, 6.45) is 2.77. The number of halogens is 1. The predicted octanol–water partition coefficient (Wildman–Crippen LogP) is 6.37. The number of ether oxygens (including phenoxy) is 2. The molecule has 10 nitrogen and oxygen atoms in total. The van der Waals surface area contributed by atoms with Crippen molar-refractivity contribution in [2.45, 2.75) is 46.0 Å². The lowest BCUT2D eigenvalue weighted by Crippen LogP contribution is -2.04. The van der Waals surface area contributed by atoms with Gasteiger partial charge in [-0.25, -0.2) is 9.78 Å². The molecule has 0 radical (unpaired) electrons. The van der Waals surface area contributed by atoms with E-state index in [-0.39, 0.29) is 10.9 Å². The number of hydrogen-bond donors (Lipinski definition) is 1. The Bertz CT molecular complexity index is 1720. The van der Waals surface area contributed by atoms with Gasteiger partial charge in [0.05, 0.1) is 30.8 Å². The maximum Gasteiger partial charge on any atom is 0.358 e. The van der Waals surface area contributed by atoms with E-state index in [2.05, 4.69) is 15.2 Å². The van der Waals surface area contributed by atoms with E-state index < -0.39 is 5.97 Å². The van der Waals surface area contributed by atoms with Crippen LogP contribution >= 0.6 is 11.6 Å². The van der Waals surface area contributed by atoms with Gasteiger partial charge >= 0.3 is 5.97 Å². The molecule has 0 aliphatic rings. The summed E-state index contributed by atoms with van der Waals surface area (Å²) in [6, 6.07) is 24.6. The molecule has 0 bridgehead atoms. The fourth-order valence-electron chi connectivity index (χ4n) is 4.54. The minimum absolute atomic E-state index is 0.0282. The van der Waals surface area contributed by atoms with Crippen molar-refractivity contribution in [1.82, 2.24) is 20.0 Å². The molecular weight excluding hydrogens is 596 g/mol. The Hall–Kier alpha value is -4.96. The van der Waals surface area contributed by atoms with Crippen molar-refractivity contribution in [3.05, 3.63) is 119 Å². The summed E-state index contributed by atoms with van der Waals surface area (Å²) >= 11 is 5.23. The zero-order valence-corrected chi connectivity index (χ0v) is 26.2. The number of aryl methyl sites for hydroxylation is 5. The first-order chi connectivity index (χ1) is 21.7. The van der Waals surface area contributed by atoms with Gasteiger partial charge in [0.15, 0.2) is 11.6 Å². The Morgan fingerprint density at radius 3 is 2.18 bits per heavy atom. The number of rotatable bonds is 13. The van der Waals surface area contributed by atoms with Gasteiger partial charge in [0.1, 0.15) is 17.3 Å². The van der Waals surface area contributed by atoms with E-state index in [9.17, 15) is 14.7 Å². The van der Waals surface area contributed by atoms with Crippen molar-refractivity contribution < 1.29 is 28.6 Å². The Labute approximate surface area is 266 Å². The van der Waals surface area contributed by atoms with Crippen molar-refractivity contribution in [1.29, 1.82) is 0 Å². The first-order valence-electron chi connectivity index (χ1n) is 14.4. The maximum absolute atomic E-state index is 11.6. The molecule has 0 aliphatic carbocycles. The second-order valence-electron chi connectivity index (χ2n) is 10.1. The molecule has 3 aromatic carbocycles. The average Bonchev–Trinajstić information content (AvgIpc) is 3.62. The molecule has 0 amide bonds. The van der Waals surface area contributed by atoms with E-state index in [1.165, 1.54) is 4.80 Å². The summed E-state index contributed by atoms with van der Waals surface area (Å²) in [5, 5.41) is 17.8. The Morgan fingerprint density at radius 1 is 0.844 bits per heavy atom. The smallest absolute Gasteiger partial charge is 0.358 e. The molecular formula is C34H35ClN4O6. The second-order valence-corrected chi connectivity index (χ2v) is 10.5. The number of carboxylic acids is 1. The average molecular weight is 631 g/mol. The van der Waals surface area contributed by atoms with Crippen LogP contribution in [0.3, 0.4) is 0 Å². The maximum atomic E-state index is 11.6. The summed E-state index contributed by atoms with van der Waals surface area (Å²) in [6.45, 7) is 4.22. The van der Waals surface area contributed by atoms with Crippen LogP contribution in [-0.4, -0.2) is 50.0 Å². The van der Waals surface area contributed by atoms with Gasteiger partial charge in [0.25, 0.3) is 0 Å². The molecule has 1 N–H and O–H groups in total. The highest BCUT2D eigenvalue weighted by atomic mass is 35.5. The van der Waals surface area contributed by atoms with Crippen molar-refractivity contribution >= 4 is 22.8 Å². The largest absolute Gasteiger partial charge is 0.497 e. The fourth-order valence-corrected chi connectivity index (χ4v) is 4.64. The van der Waals surface area contributed by atoms with Crippen LogP contribution in [0.4, 0.5) is 0 Å². The summed E-state index contributed by atoms with van der Waals surface area (Å²) in [5.41, 5.74) is 4.13. The van der Waals surface area contributed by atoms with Crippen LogP contribution in [-0.2, 0) is 30.5 Å². The molecule has 5 aromatic rings. The molecule has 0 unspecified atom stereocenters. The Kier molecular flexibility index (Phi) is 11.9. The second kappa shape index (κ2) is 16.2. The monoisotopic (exact) mass is 630 g/mol. The van der Waals surface area contributed by atoms with Gasteiger partial charge in [-0.3, -0.25) is 4.79 Å². The molecule has 0 atom stereocenters. The zero-order chi connectivity index (χ0) is 32.2. The molecule has 0 aliphatic heterocycles. The van der Waals surface area contributed by atoms with Crippen LogP contribution in [0, 0.1) is 13.8 Å². The lowest BCUT2D eigenvalue weighted by Gasteiger charge is -2.07. The summed E-state index contributed by atoms with van der Waals surface area (Å²) < 4.78 is 16.4. The van der Waals surface area contributed by atoms with Crippen molar-refractivity contribution in [3.8, 4) is 17.2 Å². The van der Waals surface area contributed by atoms with Gasteiger partial charge < -0.3 is 19.0 Å². The van der Waals surface area contributed by atoms with Gasteiger partial charge in [0, 0.05) is 19.8 Å². The molecule has 0 saturated heterocycles. The van der Waals surface area contributed by atoms with Gasteiger partial charge in [-0.15, -0.1) is 5.10 Å². The van der Waals surface area contributed by atoms with Crippen LogP contribution in [0.5, 0.6) is 11.5 Å². The number of carbonyl (C=O) groups excluding carboxylic acids is 1.